The monoisotopic (exact) mass is 278 g/mol. The maximum atomic E-state index is 13.0. The normalized spacial score (nSPS) is 20.4. The molecule has 0 saturated heterocycles. The number of rotatable bonds is 5. The fourth-order valence-electron chi connectivity index (χ4n) is 3.27. The molecule has 1 N–H and O–H groups in total. The van der Waals surface area contributed by atoms with Gasteiger partial charge in [0.15, 0.2) is 0 Å². The van der Waals surface area contributed by atoms with Crippen LogP contribution >= 0.6 is 0 Å². The predicted molar refractivity (Wildman–Crippen MR) is 81.0 cm³/mol. The second-order valence-electron chi connectivity index (χ2n) is 6.07. The van der Waals surface area contributed by atoms with E-state index in [0.717, 1.165) is 18.0 Å². The van der Waals surface area contributed by atoms with Crippen molar-refractivity contribution in [2.45, 2.75) is 70.9 Å². The van der Waals surface area contributed by atoms with E-state index < -0.39 is 0 Å². The summed E-state index contributed by atoms with van der Waals surface area (Å²) in [4.78, 5) is 4.23. The molecule has 2 nitrogen and oxygen atoms in total. The lowest BCUT2D eigenvalue weighted by Crippen LogP contribution is -2.36. The molecule has 2 atom stereocenters. The molecular formula is C17H27FN2. The van der Waals surface area contributed by atoms with E-state index in [4.69, 9.17) is 0 Å². The number of aromatic nitrogens is 1. The van der Waals surface area contributed by atoms with Crippen molar-refractivity contribution in [2.75, 3.05) is 0 Å². The van der Waals surface area contributed by atoms with Crippen LogP contribution in [0.2, 0.25) is 0 Å². The summed E-state index contributed by atoms with van der Waals surface area (Å²) in [5, 5.41) is 3.71. The molecule has 1 heterocycles. The molecule has 0 aromatic carbocycles. The second kappa shape index (κ2) is 7.72. The second-order valence-corrected chi connectivity index (χ2v) is 6.07. The maximum absolute atomic E-state index is 13.0. The van der Waals surface area contributed by atoms with Crippen LogP contribution < -0.4 is 5.32 Å². The van der Waals surface area contributed by atoms with Crippen molar-refractivity contribution in [3.8, 4) is 0 Å². The largest absolute Gasteiger partial charge is 0.306 e. The number of pyridine rings is 1. The molecule has 1 aromatic rings. The van der Waals surface area contributed by atoms with E-state index in [2.05, 4.69) is 24.1 Å². The molecule has 20 heavy (non-hydrogen) atoms. The molecule has 1 saturated carbocycles. The third-order valence-corrected chi connectivity index (χ3v) is 4.59. The van der Waals surface area contributed by atoms with Crippen molar-refractivity contribution in [1.82, 2.24) is 10.3 Å². The highest BCUT2D eigenvalue weighted by molar-refractivity contribution is 5.10. The molecule has 1 fully saturated rings. The summed E-state index contributed by atoms with van der Waals surface area (Å²) in [7, 11) is 0. The van der Waals surface area contributed by atoms with Gasteiger partial charge in [0, 0.05) is 12.1 Å². The van der Waals surface area contributed by atoms with Gasteiger partial charge >= 0.3 is 0 Å². The first-order valence-electron chi connectivity index (χ1n) is 8.08. The molecule has 0 aliphatic heterocycles. The van der Waals surface area contributed by atoms with Crippen molar-refractivity contribution < 1.29 is 4.39 Å². The van der Waals surface area contributed by atoms with Crippen LogP contribution in [0.3, 0.4) is 0 Å². The molecule has 1 aliphatic rings. The van der Waals surface area contributed by atoms with Crippen LogP contribution in [0, 0.1) is 11.7 Å². The van der Waals surface area contributed by atoms with Crippen molar-refractivity contribution in [2.24, 2.45) is 5.92 Å². The Labute approximate surface area is 122 Å². The van der Waals surface area contributed by atoms with Gasteiger partial charge in [-0.05, 0) is 44.2 Å². The summed E-state index contributed by atoms with van der Waals surface area (Å²) in [6.45, 7) is 4.45. The Balaban J connectivity index is 1.96. The SMILES string of the molecule is CCC(N[C@@H](C)C1CCCCCC1)c1ccc(F)cn1. The standard InChI is InChI=1S/C17H27FN2/c1-3-16(17-11-10-15(18)12-19-17)20-13(2)14-8-6-4-5-7-9-14/h10-14,16,20H,3-9H2,1-2H3/t13-,16?/m0/s1. The molecule has 3 heteroatoms. The quantitative estimate of drug-likeness (QED) is 0.795. The Bertz CT molecular complexity index is 382. The zero-order chi connectivity index (χ0) is 14.4. The third-order valence-electron chi connectivity index (χ3n) is 4.59. The first-order valence-corrected chi connectivity index (χ1v) is 8.08. The minimum Gasteiger partial charge on any atom is -0.306 e. The molecule has 112 valence electrons. The highest BCUT2D eigenvalue weighted by Gasteiger charge is 2.22. The van der Waals surface area contributed by atoms with Crippen LogP contribution in [-0.4, -0.2) is 11.0 Å². The smallest absolute Gasteiger partial charge is 0.141 e. The van der Waals surface area contributed by atoms with Crippen LogP contribution in [0.15, 0.2) is 18.3 Å². The van der Waals surface area contributed by atoms with Gasteiger partial charge in [-0.25, -0.2) is 4.39 Å². The van der Waals surface area contributed by atoms with Crippen LogP contribution in [0.5, 0.6) is 0 Å². The summed E-state index contributed by atoms with van der Waals surface area (Å²) >= 11 is 0. The summed E-state index contributed by atoms with van der Waals surface area (Å²) < 4.78 is 13.0. The Morgan fingerprint density at radius 1 is 1.25 bits per heavy atom. The van der Waals surface area contributed by atoms with Crippen LogP contribution in [-0.2, 0) is 0 Å². The fraction of sp³-hybridized carbons (Fsp3) is 0.706. The fourth-order valence-corrected chi connectivity index (χ4v) is 3.27. The third kappa shape index (κ3) is 4.27. The summed E-state index contributed by atoms with van der Waals surface area (Å²) in [6, 6.07) is 4.04. The summed E-state index contributed by atoms with van der Waals surface area (Å²) in [5.74, 6) is 0.507. The molecule has 1 unspecified atom stereocenters. The predicted octanol–water partition coefficient (Wildman–Crippen LogP) is 4.62. The Morgan fingerprint density at radius 3 is 2.50 bits per heavy atom. The number of hydrogen-bond donors (Lipinski definition) is 1. The van der Waals surface area contributed by atoms with Crippen LogP contribution in [0.25, 0.3) is 0 Å². The number of halogens is 1. The van der Waals surface area contributed by atoms with E-state index in [1.807, 2.05) is 0 Å². The van der Waals surface area contributed by atoms with Gasteiger partial charge < -0.3 is 5.32 Å². The van der Waals surface area contributed by atoms with Gasteiger partial charge in [-0.2, -0.15) is 0 Å². The van der Waals surface area contributed by atoms with Gasteiger partial charge in [0.2, 0.25) is 0 Å². The Kier molecular flexibility index (Phi) is 5.96. The average Bonchev–Trinajstić information content (AvgIpc) is 2.75. The van der Waals surface area contributed by atoms with Crippen molar-refractivity contribution >= 4 is 0 Å². The van der Waals surface area contributed by atoms with E-state index in [-0.39, 0.29) is 11.9 Å². The number of hydrogen-bond acceptors (Lipinski definition) is 2. The zero-order valence-corrected chi connectivity index (χ0v) is 12.7. The van der Waals surface area contributed by atoms with E-state index in [0.29, 0.717) is 6.04 Å². The molecule has 0 spiro atoms. The molecule has 2 rings (SSSR count). The minimum absolute atomic E-state index is 0.230. The lowest BCUT2D eigenvalue weighted by molar-refractivity contribution is 0.304. The first kappa shape index (κ1) is 15.4. The Morgan fingerprint density at radius 2 is 1.95 bits per heavy atom. The highest BCUT2D eigenvalue weighted by Crippen LogP contribution is 2.27. The molecule has 1 aromatic heterocycles. The van der Waals surface area contributed by atoms with Crippen molar-refractivity contribution in [3.05, 3.63) is 29.8 Å². The molecule has 0 amide bonds. The van der Waals surface area contributed by atoms with Crippen molar-refractivity contribution in [3.63, 3.8) is 0 Å². The van der Waals surface area contributed by atoms with Gasteiger partial charge in [-0.1, -0.05) is 32.6 Å². The molecule has 1 aliphatic carbocycles. The van der Waals surface area contributed by atoms with Gasteiger partial charge in [0.05, 0.1) is 11.9 Å². The van der Waals surface area contributed by atoms with Gasteiger partial charge in [-0.3, -0.25) is 4.98 Å². The number of nitrogens with one attached hydrogen (secondary N) is 1. The van der Waals surface area contributed by atoms with Crippen molar-refractivity contribution in [1.29, 1.82) is 0 Å². The lowest BCUT2D eigenvalue weighted by Gasteiger charge is -2.28. The van der Waals surface area contributed by atoms with E-state index in [1.165, 1.54) is 50.8 Å². The van der Waals surface area contributed by atoms with E-state index in [9.17, 15) is 4.39 Å². The minimum atomic E-state index is -0.264. The molecular weight excluding hydrogens is 251 g/mol. The summed E-state index contributed by atoms with van der Waals surface area (Å²) in [5.41, 5.74) is 0.953. The van der Waals surface area contributed by atoms with Crippen LogP contribution in [0.4, 0.5) is 4.39 Å². The van der Waals surface area contributed by atoms with E-state index >= 15 is 0 Å². The van der Waals surface area contributed by atoms with Gasteiger partial charge in [-0.15, -0.1) is 0 Å². The topological polar surface area (TPSA) is 24.9 Å². The van der Waals surface area contributed by atoms with Crippen LogP contribution in [0.1, 0.15) is 70.5 Å². The highest BCUT2D eigenvalue weighted by atomic mass is 19.1. The summed E-state index contributed by atoms with van der Waals surface area (Å²) in [6.07, 6.45) is 10.5. The Hall–Kier alpha value is -0.960. The van der Waals surface area contributed by atoms with E-state index in [1.54, 1.807) is 6.07 Å². The molecule has 0 bridgehead atoms. The average molecular weight is 278 g/mol. The molecule has 0 radical (unpaired) electrons. The number of nitrogens with zero attached hydrogens (tertiary/aromatic N) is 1. The van der Waals surface area contributed by atoms with Gasteiger partial charge in [0.25, 0.3) is 0 Å². The first-order chi connectivity index (χ1) is 9.70. The maximum Gasteiger partial charge on any atom is 0.141 e. The van der Waals surface area contributed by atoms with Gasteiger partial charge in [0.1, 0.15) is 5.82 Å². The zero-order valence-electron chi connectivity index (χ0n) is 12.7. The lowest BCUT2D eigenvalue weighted by atomic mass is 9.92.